The fourth-order valence-corrected chi connectivity index (χ4v) is 6.48. The van der Waals surface area contributed by atoms with Gasteiger partial charge in [0.25, 0.3) is 5.91 Å². The number of aromatic carboxylic acids is 1. The van der Waals surface area contributed by atoms with Crippen LogP contribution >= 0.6 is 11.8 Å². The third-order valence-electron chi connectivity index (χ3n) is 7.83. The van der Waals surface area contributed by atoms with E-state index < -0.39 is 36.2 Å². The number of nitrogens with one attached hydrogen (secondary N) is 1. The summed E-state index contributed by atoms with van der Waals surface area (Å²) in [5.74, 6) is -2.86. The van der Waals surface area contributed by atoms with Crippen molar-refractivity contribution in [3.8, 4) is 0 Å². The molecule has 3 N–H and O–H groups in total. The monoisotopic (exact) mass is 640 g/mol. The molecule has 1 fully saturated rings. The van der Waals surface area contributed by atoms with Crippen LogP contribution in [0, 0.1) is 5.92 Å². The Bertz CT molecular complexity index is 1830. The molecule has 3 heterocycles. The maximum Gasteiger partial charge on any atom is 0.346 e. The zero-order valence-corrected chi connectivity index (χ0v) is 25.2. The van der Waals surface area contributed by atoms with Gasteiger partial charge in [-0.15, -0.1) is 11.8 Å². The number of fused-ring (bicyclic) bond motifs is 1. The first kappa shape index (κ1) is 31.1. The zero-order valence-electron chi connectivity index (χ0n) is 24.4. The number of carboxylic acids is 1. The number of carbonyl (C=O) groups is 4. The molecule has 0 saturated carbocycles. The minimum Gasteiger partial charge on any atom is -0.478 e. The summed E-state index contributed by atoms with van der Waals surface area (Å²) in [4.78, 5) is 52.8. The number of hydrogen-bond acceptors (Lipinski definition) is 10. The van der Waals surface area contributed by atoms with Crippen molar-refractivity contribution < 1.29 is 43.6 Å². The van der Waals surface area contributed by atoms with Gasteiger partial charge in [-0.25, -0.2) is 19.4 Å². The van der Waals surface area contributed by atoms with Gasteiger partial charge in [-0.1, -0.05) is 43.3 Å². The van der Waals surface area contributed by atoms with E-state index in [-0.39, 0.29) is 40.9 Å². The first-order valence-corrected chi connectivity index (χ1v) is 15.3. The second kappa shape index (κ2) is 13.2. The number of aromatic nitrogens is 1. The van der Waals surface area contributed by atoms with Crippen LogP contribution in [0.4, 0.5) is 5.69 Å². The Hall–Kier alpha value is -4.88. The van der Waals surface area contributed by atoms with E-state index in [9.17, 15) is 29.4 Å². The average molecular weight is 641 g/mol. The molecule has 0 spiro atoms. The Morgan fingerprint density at radius 2 is 1.70 bits per heavy atom. The molecule has 3 aromatic carbocycles. The van der Waals surface area contributed by atoms with Crippen LogP contribution in [0.1, 0.15) is 77.4 Å². The molecule has 0 bridgehead atoms. The van der Waals surface area contributed by atoms with Gasteiger partial charge >= 0.3 is 17.9 Å². The number of amides is 1. The number of anilines is 1. The Morgan fingerprint density at radius 3 is 2.46 bits per heavy atom. The van der Waals surface area contributed by atoms with Crippen LogP contribution in [0.25, 0.3) is 0 Å². The van der Waals surface area contributed by atoms with Crippen molar-refractivity contribution in [2.24, 2.45) is 5.92 Å². The quantitative estimate of drug-likeness (QED) is 0.122. The smallest absolute Gasteiger partial charge is 0.346 e. The highest BCUT2D eigenvalue weighted by Gasteiger charge is 2.39. The minimum atomic E-state index is -1.07. The molecule has 0 aliphatic carbocycles. The van der Waals surface area contributed by atoms with Crippen LogP contribution < -0.4 is 5.32 Å². The third kappa shape index (κ3) is 6.42. The van der Waals surface area contributed by atoms with Gasteiger partial charge in [-0.2, -0.15) is 0 Å². The highest BCUT2D eigenvalue weighted by atomic mass is 32.2. The summed E-state index contributed by atoms with van der Waals surface area (Å²) in [5, 5.41) is 22.3. The number of ether oxygens (including phenoxy) is 3. The molecule has 234 valence electrons. The van der Waals surface area contributed by atoms with Gasteiger partial charge in [0, 0.05) is 34.7 Å². The van der Waals surface area contributed by atoms with E-state index in [1.165, 1.54) is 36.0 Å². The SMILES string of the molecule is CC1C(CSc2ncccc2C(=O)O)OC(c2cccc(NC(=O)c3ccc4c(c3)C(=O)OC4=O)c2)OC1c1ccc(CO)cc1. The molecule has 4 aromatic rings. The number of rotatable bonds is 9. The molecule has 4 unspecified atom stereocenters. The van der Waals surface area contributed by atoms with E-state index in [2.05, 4.69) is 15.0 Å². The lowest BCUT2D eigenvalue weighted by molar-refractivity contribution is -0.268. The Kier molecular flexibility index (Phi) is 8.95. The standard InChI is InChI=1S/C34H28N2O9S/c1-18-27(17-46-30-25(31(39)40)6-3-13-35-30)43-34(44-28(18)20-9-7-19(16-37)8-10-20)22-4-2-5-23(14-22)36-29(38)21-11-12-24-26(15-21)33(42)45-32(24)41/h2-15,18,27-28,34,37H,16-17H2,1H3,(H,36,38)(H,39,40). The summed E-state index contributed by atoms with van der Waals surface area (Å²) in [7, 11) is 0. The number of carboxylic acid groups (broad SMARTS) is 1. The fraction of sp³-hybridized carbons (Fsp3) is 0.206. The lowest BCUT2D eigenvalue weighted by Crippen LogP contribution is -2.38. The van der Waals surface area contributed by atoms with Crippen molar-refractivity contribution in [3.63, 3.8) is 0 Å². The van der Waals surface area contributed by atoms with E-state index in [0.29, 0.717) is 22.0 Å². The van der Waals surface area contributed by atoms with E-state index in [4.69, 9.17) is 9.47 Å². The number of aliphatic hydroxyl groups excluding tert-OH is 1. The zero-order chi connectivity index (χ0) is 32.4. The first-order chi connectivity index (χ1) is 22.2. The fourth-order valence-electron chi connectivity index (χ4n) is 5.33. The first-order valence-electron chi connectivity index (χ1n) is 14.4. The van der Waals surface area contributed by atoms with Crippen molar-refractivity contribution in [2.75, 3.05) is 11.1 Å². The highest BCUT2D eigenvalue weighted by molar-refractivity contribution is 7.99. The summed E-state index contributed by atoms with van der Waals surface area (Å²) in [6, 6.07) is 21.7. The number of carbonyl (C=O) groups excluding carboxylic acids is 3. The van der Waals surface area contributed by atoms with Crippen LogP contribution in [-0.2, 0) is 20.8 Å². The van der Waals surface area contributed by atoms with E-state index in [1.807, 2.05) is 37.3 Å². The summed E-state index contributed by atoms with van der Waals surface area (Å²) >= 11 is 1.29. The van der Waals surface area contributed by atoms with Gasteiger partial charge in [-0.05, 0) is 53.6 Å². The van der Waals surface area contributed by atoms with Gasteiger partial charge in [0.2, 0.25) is 0 Å². The van der Waals surface area contributed by atoms with Gasteiger partial charge < -0.3 is 29.7 Å². The third-order valence-corrected chi connectivity index (χ3v) is 8.93. The van der Waals surface area contributed by atoms with Gasteiger partial charge in [-0.3, -0.25) is 4.79 Å². The number of thioether (sulfide) groups is 1. The molecule has 0 radical (unpaired) electrons. The van der Waals surface area contributed by atoms with E-state index >= 15 is 0 Å². The molecule has 12 heteroatoms. The van der Waals surface area contributed by atoms with E-state index in [0.717, 1.165) is 11.1 Å². The van der Waals surface area contributed by atoms with Crippen LogP contribution in [-0.4, -0.2) is 50.9 Å². The van der Waals surface area contributed by atoms with Crippen molar-refractivity contribution in [3.05, 3.63) is 124 Å². The maximum absolute atomic E-state index is 13.1. The number of nitrogens with zero attached hydrogens (tertiary/aromatic N) is 1. The molecule has 4 atom stereocenters. The molecule has 1 saturated heterocycles. The molecular weight excluding hydrogens is 612 g/mol. The number of aliphatic hydroxyl groups is 1. The van der Waals surface area contributed by atoms with Crippen LogP contribution in [0.2, 0.25) is 0 Å². The predicted octanol–water partition coefficient (Wildman–Crippen LogP) is 5.42. The van der Waals surface area contributed by atoms with Crippen LogP contribution in [0.15, 0.2) is 90.1 Å². The topological polar surface area (TPSA) is 161 Å². The van der Waals surface area contributed by atoms with Gasteiger partial charge in [0.1, 0.15) is 5.03 Å². The van der Waals surface area contributed by atoms with Crippen molar-refractivity contribution in [2.45, 2.75) is 37.1 Å². The number of pyridine rings is 1. The molecule has 11 nitrogen and oxygen atoms in total. The minimum absolute atomic E-state index is 0.0349. The largest absolute Gasteiger partial charge is 0.478 e. The Morgan fingerprint density at radius 1 is 0.913 bits per heavy atom. The van der Waals surface area contributed by atoms with Gasteiger partial charge in [0.15, 0.2) is 6.29 Å². The average Bonchev–Trinajstić information content (AvgIpc) is 3.36. The van der Waals surface area contributed by atoms with Crippen molar-refractivity contribution in [1.82, 2.24) is 4.98 Å². The lowest BCUT2D eigenvalue weighted by atomic mass is 9.91. The predicted molar refractivity (Wildman–Crippen MR) is 165 cm³/mol. The summed E-state index contributed by atoms with van der Waals surface area (Å²) in [6.45, 7) is 1.91. The van der Waals surface area contributed by atoms with Crippen LogP contribution in [0.5, 0.6) is 0 Å². The normalized spacial score (nSPS) is 20.6. The lowest BCUT2D eigenvalue weighted by Gasteiger charge is -2.41. The number of benzene rings is 3. The molecular formula is C34H28N2O9S. The highest BCUT2D eigenvalue weighted by Crippen LogP contribution is 2.43. The van der Waals surface area contributed by atoms with Gasteiger partial charge in [0.05, 0.1) is 35.5 Å². The number of hydrogen-bond donors (Lipinski definition) is 3. The maximum atomic E-state index is 13.1. The Labute approximate surface area is 267 Å². The molecule has 46 heavy (non-hydrogen) atoms. The van der Waals surface area contributed by atoms with Crippen molar-refractivity contribution >= 4 is 41.3 Å². The number of cyclic esters (lactones) is 2. The summed E-state index contributed by atoms with van der Waals surface area (Å²) < 4.78 is 17.6. The molecule has 1 amide bonds. The summed E-state index contributed by atoms with van der Waals surface area (Å²) in [6.07, 6.45) is -0.0935. The molecule has 2 aliphatic rings. The summed E-state index contributed by atoms with van der Waals surface area (Å²) in [5.41, 5.74) is 3.15. The molecule has 2 aliphatic heterocycles. The van der Waals surface area contributed by atoms with Crippen molar-refractivity contribution in [1.29, 1.82) is 0 Å². The number of esters is 2. The molecule has 1 aromatic heterocycles. The Balaban J connectivity index is 1.24. The van der Waals surface area contributed by atoms with E-state index in [1.54, 1.807) is 30.5 Å². The van der Waals surface area contributed by atoms with Crippen LogP contribution in [0.3, 0.4) is 0 Å². The second-order valence-electron chi connectivity index (χ2n) is 10.8. The second-order valence-corrected chi connectivity index (χ2v) is 11.8. The molecule has 6 rings (SSSR count).